The van der Waals surface area contributed by atoms with Crippen LogP contribution in [0.1, 0.15) is 16.8 Å². The number of fused-ring (bicyclic) bond motifs is 1. The van der Waals surface area contributed by atoms with Crippen molar-refractivity contribution in [2.24, 2.45) is 5.73 Å². The molecule has 0 saturated carbocycles. The second kappa shape index (κ2) is 8.55. The molecule has 2 aromatic carbocycles. The van der Waals surface area contributed by atoms with E-state index in [4.69, 9.17) is 22.7 Å². The van der Waals surface area contributed by atoms with Gasteiger partial charge in [-0.05, 0) is 29.8 Å². The Kier molecular flexibility index (Phi) is 5.66. The summed E-state index contributed by atoms with van der Waals surface area (Å²) in [5, 5.41) is 23.6. The van der Waals surface area contributed by atoms with Crippen LogP contribution in [0.4, 0.5) is 0 Å². The van der Waals surface area contributed by atoms with Crippen molar-refractivity contribution in [1.82, 2.24) is 25.3 Å². The van der Waals surface area contributed by atoms with Crippen LogP contribution in [-0.4, -0.2) is 33.2 Å². The predicted molar refractivity (Wildman–Crippen MR) is 123 cm³/mol. The van der Waals surface area contributed by atoms with Crippen LogP contribution >= 0.6 is 11.6 Å². The minimum absolute atomic E-state index is 0.176. The fraction of sp³-hybridized carbons (Fsp3) is 0.0909. The molecule has 4 aromatic rings. The molecule has 0 amide bonds. The normalized spacial score (nSPS) is 12.0. The van der Waals surface area contributed by atoms with Crippen molar-refractivity contribution < 1.29 is 0 Å². The molecule has 4 rings (SSSR count). The monoisotopic (exact) mass is 433 g/mol. The number of nitrogens with one attached hydrogen (secondary N) is 3. The number of nitrogens with zero attached hydrogens (tertiary/aromatic N) is 3. The number of aromatic amines is 1. The van der Waals surface area contributed by atoms with Gasteiger partial charge in [0.2, 0.25) is 0 Å². The predicted octanol–water partition coefficient (Wildman–Crippen LogP) is 2.96. The number of benzene rings is 2. The Morgan fingerprint density at radius 3 is 2.71 bits per heavy atom. The molecule has 5 N–H and O–H groups in total. The summed E-state index contributed by atoms with van der Waals surface area (Å²) in [6.45, 7) is 0.176. The van der Waals surface area contributed by atoms with Gasteiger partial charge in [-0.1, -0.05) is 35.9 Å². The highest BCUT2D eigenvalue weighted by molar-refractivity contribution is 6.32. The first-order chi connectivity index (χ1) is 15.1. The lowest BCUT2D eigenvalue weighted by Gasteiger charge is -2.12. The first kappa shape index (κ1) is 20.5. The molecule has 31 heavy (non-hydrogen) atoms. The Morgan fingerprint density at radius 1 is 1.26 bits per heavy atom. The molecule has 2 aromatic heterocycles. The van der Waals surface area contributed by atoms with E-state index in [9.17, 15) is 4.79 Å². The largest absolute Gasteiger partial charge is 0.387 e. The number of para-hydroxylation sites is 1. The molecule has 0 aliphatic heterocycles. The number of halogens is 1. The van der Waals surface area contributed by atoms with Crippen molar-refractivity contribution in [3.8, 4) is 5.69 Å². The number of hydrogen-bond acceptors (Lipinski definition) is 6. The second-order valence-corrected chi connectivity index (χ2v) is 7.12. The van der Waals surface area contributed by atoms with E-state index in [1.165, 1.54) is 6.21 Å². The summed E-state index contributed by atoms with van der Waals surface area (Å²) in [5.41, 5.74) is 9.53. The van der Waals surface area contributed by atoms with E-state index >= 15 is 0 Å². The molecule has 2 heterocycles. The Morgan fingerprint density at radius 2 is 2.03 bits per heavy atom. The SMILES string of the molecule is CN/C(=C(\C=N)c1ccc2c(=O)[nH]nc(CN)c2c1)c1cn(-c2ccccc2)nc1Cl. The molecular formula is C22H20ClN7O. The summed E-state index contributed by atoms with van der Waals surface area (Å²) in [4.78, 5) is 12.1. The van der Waals surface area contributed by atoms with Crippen LogP contribution < -0.4 is 16.6 Å². The van der Waals surface area contributed by atoms with Crippen molar-refractivity contribution in [3.63, 3.8) is 0 Å². The zero-order chi connectivity index (χ0) is 22.0. The number of hydrogen-bond donors (Lipinski definition) is 4. The van der Waals surface area contributed by atoms with Gasteiger partial charge in [0.05, 0.1) is 28.0 Å². The molecule has 0 aliphatic rings. The molecule has 8 nitrogen and oxygen atoms in total. The molecule has 0 fully saturated rings. The van der Waals surface area contributed by atoms with Gasteiger partial charge in [0, 0.05) is 37.0 Å². The van der Waals surface area contributed by atoms with Gasteiger partial charge in [0.1, 0.15) is 0 Å². The maximum Gasteiger partial charge on any atom is 0.272 e. The lowest BCUT2D eigenvalue weighted by molar-refractivity contribution is 0.881. The third-order valence-corrected chi connectivity index (χ3v) is 5.27. The van der Waals surface area contributed by atoms with Gasteiger partial charge in [-0.25, -0.2) is 9.78 Å². The molecule has 0 bridgehead atoms. The Bertz CT molecular complexity index is 1360. The molecule has 9 heteroatoms. The number of allylic oxidation sites excluding steroid dienone is 1. The maximum atomic E-state index is 12.1. The minimum atomic E-state index is -0.292. The van der Waals surface area contributed by atoms with Gasteiger partial charge in [-0.2, -0.15) is 10.2 Å². The summed E-state index contributed by atoms with van der Waals surface area (Å²) in [5.74, 6) is 0. The average Bonchev–Trinajstić information content (AvgIpc) is 3.19. The van der Waals surface area contributed by atoms with Crippen molar-refractivity contribution in [1.29, 1.82) is 5.41 Å². The van der Waals surface area contributed by atoms with Crippen molar-refractivity contribution >= 4 is 39.9 Å². The van der Waals surface area contributed by atoms with E-state index < -0.39 is 0 Å². The van der Waals surface area contributed by atoms with Crippen LogP contribution in [0.25, 0.3) is 27.7 Å². The first-order valence-electron chi connectivity index (χ1n) is 9.52. The third-order valence-electron chi connectivity index (χ3n) is 4.99. The highest BCUT2D eigenvalue weighted by Gasteiger charge is 2.17. The van der Waals surface area contributed by atoms with Crippen LogP contribution in [0.15, 0.2) is 59.5 Å². The molecule has 0 spiro atoms. The highest BCUT2D eigenvalue weighted by atomic mass is 35.5. The van der Waals surface area contributed by atoms with E-state index in [1.807, 2.05) is 42.6 Å². The van der Waals surface area contributed by atoms with Crippen molar-refractivity contribution in [2.45, 2.75) is 6.54 Å². The Labute approximate surface area is 182 Å². The maximum absolute atomic E-state index is 12.1. The Hall–Kier alpha value is -3.75. The van der Waals surface area contributed by atoms with E-state index in [-0.39, 0.29) is 12.1 Å². The molecule has 0 atom stereocenters. The second-order valence-electron chi connectivity index (χ2n) is 6.76. The average molecular weight is 434 g/mol. The lowest BCUT2D eigenvalue weighted by atomic mass is 9.98. The van der Waals surface area contributed by atoms with E-state index in [0.29, 0.717) is 38.5 Å². The Balaban J connectivity index is 1.90. The smallest absolute Gasteiger partial charge is 0.272 e. The van der Waals surface area contributed by atoms with E-state index in [0.717, 1.165) is 11.3 Å². The number of aromatic nitrogens is 4. The highest BCUT2D eigenvalue weighted by Crippen LogP contribution is 2.30. The van der Waals surface area contributed by atoms with Crippen LogP contribution in [0.5, 0.6) is 0 Å². The summed E-state index contributed by atoms with van der Waals surface area (Å²) < 4.78 is 1.69. The lowest BCUT2D eigenvalue weighted by Crippen LogP contribution is -2.14. The van der Waals surface area contributed by atoms with Gasteiger partial charge in [-0.15, -0.1) is 0 Å². The minimum Gasteiger partial charge on any atom is -0.387 e. The molecule has 0 radical (unpaired) electrons. The van der Waals surface area contributed by atoms with Crippen molar-refractivity contribution in [3.05, 3.63) is 87.1 Å². The summed E-state index contributed by atoms with van der Waals surface area (Å²) in [7, 11) is 1.76. The third kappa shape index (κ3) is 3.74. The topological polar surface area (TPSA) is 125 Å². The first-order valence-corrected chi connectivity index (χ1v) is 9.90. The molecule has 0 aliphatic carbocycles. The molecule has 0 saturated heterocycles. The van der Waals surface area contributed by atoms with Gasteiger partial charge in [-0.3, -0.25) is 4.79 Å². The standard InChI is InChI=1S/C22H20ClN7O/c1-26-20(18-12-30(29-21(18)23)14-5-3-2-4-6-14)17(10-24)13-7-8-15-16(9-13)19(11-25)27-28-22(15)31/h2-10,12,24,26H,11,25H2,1H3,(H,28,31)/b20-17+,24-10?. The summed E-state index contributed by atoms with van der Waals surface area (Å²) >= 11 is 6.47. The van der Waals surface area contributed by atoms with Gasteiger partial charge >= 0.3 is 0 Å². The number of rotatable bonds is 6. The number of nitrogens with two attached hydrogens (primary N) is 1. The summed E-state index contributed by atoms with van der Waals surface area (Å²) in [6.07, 6.45) is 3.05. The van der Waals surface area contributed by atoms with Crippen molar-refractivity contribution in [2.75, 3.05) is 7.05 Å². The van der Waals surface area contributed by atoms with Crippen LogP contribution in [-0.2, 0) is 6.54 Å². The zero-order valence-electron chi connectivity index (χ0n) is 16.7. The molecule has 156 valence electrons. The van der Waals surface area contributed by atoms with E-state index in [2.05, 4.69) is 20.6 Å². The van der Waals surface area contributed by atoms with E-state index in [1.54, 1.807) is 23.9 Å². The summed E-state index contributed by atoms with van der Waals surface area (Å²) in [6, 6.07) is 14.9. The molecular weight excluding hydrogens is 414 g/mol. The fourth-order valence-electron chi connectivity index (χ4n) is 3.49. The fourth-order valence-corrected chi connectivity index (χ4v) is 3.72. The van der Waals surface area contributed by atoms with Crippen LogP contribution in [0, 0.1) is 5.41 Å². The van der Waals surface area contributed by atoms with Crippen LogP contribution in [0.2, 0.25) is 5.15 Å². The van der Waals surface area contributed by atoms with Gasteiger partial charge in [0.25, 0.3) is 5.56 Å². The molecule has 0 unspecified atom stereocenters. The number of H-pyrrole nitrogens is 1. The quantitative estimate of drug-likeness (QED) is 0.348. The van der Waals surface area contributed by atoms with Gasteiger partial charge < -0.3 is 16.5 Å². The van der Waals surface area contributed by atoms with Gasteiger partial charge in [0.15, 0.2) is 5.15 Å². The zero-order valence-corrected chi connectivity index (χ0v) is 17.4. The van der Waals surface area contributed by atoms with Crippen LogP contribution in [0.3, 0.4) is 0 Å².